The summed E-state index contributed by atoms with van der Waals surface area (Å²) >= 11 is 0. The third-order valence-electron chi connectivity index (χ3n) is 4.53. The lowest BCUT2D eigenvalue weighted by Crippen LogP contribution is -2.53. The smallest absolute Gasteiger partial charge is 0.437 e. The number of hydrogen-bond donors (Lipinski definition) is 1. The Balaban J connectivity index is 3.02. The molecule has 0 saturated carbocycles. The van der Waals surface area contributed by atoms with Crippen molar-refractivity contribution in [2.45, 2.75) is 104 Å². The SMILES string of the molecule is C#CCCN(C(=O)OC(C)(C)C)C1CCN(/C(=N\C(=O)OC(C)(C)C)NC(=O)OC(C)(C)C)CC1. The van der Waals surface area contributed by atoms with Gasteiger partial charge in [-0.1, -0.05) is 0 Å². The highest BCUT2D eigenvalue weighted by Crippen LogP contribution is 2.21. The van der Waals surface area contributed by atoms with Gasteiger partial charge in [-0.3, -0.25) is 5.32 Å². The van der Waals surface area contributed by atoms with E-state index in [1.165, 1.54) is 0 Å². The van der Waals surface area contributed by atoms with Crippen molar-refractivity contribution in [1.82, 2.24) is 15.1 Å². The van der Waals surface area contributed by atoms with Crippen LogP contribution in [0.2, 0.25) is 0 Å². The lowest BCUT2D eigenvalue weighted by molar-refractivity contribution is 0.0111. The molecule has 1 aliphatic heterocycles. The molecule has 3 amide bonds. The molecule has 0 bridgehead atoms. The van der Waals surface area contributed by atoms with Crippen LogP contribution < -0.4 is 5.32 Å². The van der Waals surface area contributed by atoms with Crippen molar-refractivity contribution in [3.05, 3.63) is 0 Å². The first-order valence-electron chi connectivity index (χ1n) is 11.9. The zero-order valence-corrected chi connectivity index (χ0v) is 22.7. The molecule has 1 fully saturated rings. The van der Waals surface area contributed by atoms with E-state index >= 15 is 0 Å². The zero-order valence-electron chi connectivity index (χ0n) is 22.7. The van der Waals surface area contributed by atoms with Crippen LogP contribution in [0.15, 0.2) is 4.99 Å². The van der Waals surface area contributed by atoms with Crippen LogP contribution in [0.1, 0.15) is 81.6 Å². The Labute approximate surface area is 209 Å². The van der Waals surface area contributed by atoms with Gasteiger partial charge >= 0.3 is 18.3 Å². The number of carbonyl (C=O) groups excluding carboxylic acids is 3. The van der Waals surface area contributed by atoms with Crippen molar-refractivity contribution in [2.75, 3.05) is 19.6 Å². The number of alkyl carbamates (subject to hydrolysis) is 1. The fourth-order valence-corrected chi connectivity index (χ4v) is 3.26. The number of amides is 3. The van der Waals surface area contributed by atoms with Crippen molar-refractivity contribution in [3.8, 4) is 12.3 Å². The second-order valence-corrected chi connectivity index (χ2v) is 11.4. The van der Waals surface area contributed by atoms with Crippen LogP contribution in [0.25, 0.3) is 0 Å². The first kappa shape index (κ1) is 30.1. The summed E-state index contributed by atoms with van der Waals surface area (Å²) in [6, 6.07) is -0.112. The second-order valence-electron chi connectivity index (χ2n) is 11.4. The lowest BCUT2D eigenvalue weighted by Gasteiger charge is -2.39. The van der Waals surface area contributed by atoms with Gasteiger partial charge in [-0.25, -0.2) is 14.4 Å². The Morgan fingerprint density at radius 2 is 1.46 bits per heavy atom. The van der Waals surface area contributed by atoms with Crippen LogP contribution in [0.5, 0.6) is 0 Å². The molecule has 10 heteroatoms. The molecule has 0 aliphatic carbocycles. The molecule has 198 valence electrons. The number of piperidine rings is 1. The number of terminal acetylenes is 1. The van der Waals surface area contributed by atoms with Gasteiger partial charge in [0.25, 0.3) is 0 Å². The minimum absolute atomic E-state index is 0.0411. The zero-order chi connectivity index (χ0) is 27.0. The molecular weight excluding hydrogens is 452 g/mol. The van der Waals surface area contributed by atoms with Crippen LogP contribution in [-0.2, 0) is 14.2 Å². The monoisotopic (exact) mass is 494 g/mol. The van der Waals surface area contributed by atoms with E-state index in [2.05, 4.69) is 16.2 Å². The maximum Gasteiger partial charge on any atom is 0.437 e. The Kier molecular flexibility index (Phi) is 10.4. The lowest BCUT2D eigenvalue weighted by atomic mass is 10.0. The first-order chi connectivity index (χ1) is 15.9. The van der Waals surface area contributed by atoms with Gasteiger partial charge in [0.1, 0.15) is 16.8 Å². The summed E-state index contributed by atoms with van der Waals surface area (Å²) in [6.07, 6.45) is 4.99. The molecule has 0 unspecified atom stereocenters. The average Bonchev–Trinajstić information content (AvgIpc) is 2.64. The van der Waals surface area contributed by atoms with Crippen LogP contribution in [0.4, 0.5) is 14.4 Å². The fourth-order valence-electron chi connectivity index (χ4n) is 3.26. The third kappa shape index (κ3) is 12.3. The third-order valence-corrected chi connectivity index (χ3v) is 4.53. The van der Waals surface area contributed by atoms with Crippen LogP contribution in [0.3, 0.4) is 0 Å². The molecule has 0 spiro atoms. The minimum Gasteiger partial charge on any atom is -0.444 e. The van der Waals surface area contributed by atoms with E-state index in [-0.39, 0.29) is 12.0 Å². The summed E-state index contributed by atoms with van der Waals surface area (Å²) in [5.74, 6) is 2.61. The largest absolute Gasteiger partial charge is 0.444 e. The van der Waals surface area contributed by atoms with Crippen molar-refractivity contribution in [1.29, 1.82) is 0 Å². The summed E-state index contributed by atoms with van der Waals surface area (Å²) in [5.41, 5.74) is -2.09. The molecule has 1 saturated heterocycles. The van der Waals surface area contributed by atoms with E-state index in [4.69, 9.17) is 20.6 Å². The fraction of sp³-hybridized carbons (Fsp3) is 0.760. The van der Waals surface area contributed by atoms with Gasteiger partial charge in [0.05, 0.1) is 0 Å². The van der Waals surface area contributed by atoms with E-state index in [9.17, 15) is 14.4 Å². The van der Waals surface area contributed by atoms with E-state index in [0.717, 1.165) is 0 Å². The summed E-state index contributed by atoms with van der Waals surface area (Å²) in [6.45, 7) is 17.1. The molecular formula is C25H42N4O6. The highest BCUT2D eigenvalue weighted by molar-refractivity contribution is 5.99. The van der Waals surface area contributed by atoms with Crippen LogP contribution in [-0.4, -0.2) is 76.5 Å². The highest BCUT2D eigenvalue weighted by atomic mass is 16.6. The summed E-state index contributed by atoms with van der Waals surface area (Å²) in [7, 11) is 0. The normalized spacial score (nSPS) is 15.7. The summed E-state index contributed by atoms with van der Waals surface area (Å²) < 4.78 is 16.2. The standard InChI is InChI=1S/C25H42N4O6/c1-11-12-15-29(22(32)35-25(8,9)10)18-13-16-28(17-14-18)19(26-20(30)33-23(2,3)4)27-21(31)34-24(5,6)7/h1,18H,12-17H2,2-10H3,(H,26,27,30,31). The molecule has 0 atom stereocenters. The number of hydrogen-bond acceptors (Lipinski definition) is 6. The van der Waals surface area contributed by atoms with Gasteiger partial charge in [-0.05, 0) is 75.2 Å². The number of ether oxygens (including phenoxy) is 3. The molecule has 1 aliphatic rings. The quantitative estimate of drug-likeness (QED) is 0.266. The van der Waals surface area contributed by atoms with E-state index in [1.807, 2.05) is 20.8 Å². The Morgan fingerprint density at radius 1 is 0.943 bits per heavy atom. The molecule has 35 heavy (non-hydrogen) atoms. The number of nitrogens with zero attached hydrogens (tertiary/aromatic N) is 3. The maximum atomic E-state index is 12.8. The number of carbonyl (C=O) groups is 3. The number of guanidine groups is 1. The van der Waals surface area contributed by atoms with E-state index in [0.29, 0.717) is 38.9 Å². The molecule has 10 nitrogen and oxygen atoms in total. The van der Waals surface area contributed by atoms with Gasteiger partial charge in [-0.15, -0.1) is 17.3 Å². The summed E-state index contributed by atoms with van der Waals surface area (Å²) in [4.78, 5) is 45.0. The molecule has 1 N–H and O–H groups in total. The predicted molar refractivity (Wildman–Crippen MR) is 134 cm³/mol. The maximum absolute atomic E-state index is 12.8. The number of aliphatic imine (C=N–C) groups is 1. The number of likely N-dealkylation sites (tertiary alicyclic amines) is 1. The van der Waals surface area contributed by atoms with Gasteiger partial charge in [0.15, 0.2) is 0 Å². The topological polar surface area (TPSA) is 110 Å². The van der Waals surface area contributed by atoms with Crippen LogP contribution in [0, 0.1) is 12.3 Å². The Hall–Kier alpha value is -2.96. The van der Waals surface area contributed by atoms with Crippen molar-refractivity contribution in [2.24, 2.45) is 4.99 Å². The molecule has 0 radical (unpaired) electrons. The second kappa shape index (κ2) is 12.1. The van der Waals surface area contributed by atoms with Gasteiger partial charge in [0, 0.05) is 32.1 Å². The van der Waals surface area contributed by atoms with Gasteiger partial charge in [0.2, 0.25) is 5.96 Å². The van der Waals surface area contributed by atoms with Crippen LogP contribution >= 0.6 is 0 Å². The van der Waals surface area contributed by atoms with Gasteiger partial charge < -0.3 is 24.0 Å². The summed E-state index contributed by atoms with van der Waals surface area (Å²) in [5, 5.41) is 2.57. The van der Waals surface area contributed by atoms with Crippen molar-refractivity contribution < 1.29 is 28.6 Å². The molecule has 0 aromatic rings. The van der Waals surface area contributed by atoms with Gasteiger partial charge in [-0.2, -0.15) is 0 Å². The number of nitrogens with one attached hydrogen (secondary N) is 1. The Bertz CT molecular complexity index is 819. The van der Waals surface area contributed by atoms with E-state index in [1.54, 1.807) is 51.3 Å². The molecule has 0 aromatic heterocycles. The Morgan fingerprint density at radius 3 is 1.91 bits per heavy atom. The molecule has 1 heterocycles. The first-order valence-corrected chi connectivity index (χ1v) is 11.9. The predicted octanol–water partition coefficient (Wildman–Crippen LogP) is 4.53. The molecule has 0 aromatic carbocycles. The minimum atomic E-state index is -0.824. The average molecular weight is 495 g/mol. The number of rotatable bonds is 3. The highest BCUT2D eigenvalue weighted by Gasteiger charge is 2.33. The van der Waals surface area contributed by atoms with E-state index < -0.39 is 35.1 Å². The van der Waals surface area contributed by atoms with Crippen molar-refractivity contribution >= 4 is 24.2 Å². The molecule has 1 rings (SSSR count). The van der Waals surface area contributed by atoms with Crippen molar-refractivity contribution in [3.63, 3.8) is 0 Å².